The Morgan fingerprint density at radius 2 is 2.13 bits per heavy atom. The number of rotatable bonds is 3. The van der Waals surface area contributed by atoms with Gasteiger partial charge in [-0.25, -0.2) is 9.78 Å². The molecule has 152 valence electrons. The summed E-state index contributed by atoms with van der Waals surface area (Å²) in [7, 11) is 0. The predicted molar refractivity (Wildman–Crippen MR) is 107 cm³/mol. The van der Waals surface area contributed by atoms with Crippen LogP contribution in [-0.2, 0) is 32.2 Å². The molecule has 2 aliphatic heterocycles. The van der Waals surface area contributed by atoms with Crippen LogP contribution in [0.25, 0.3) is 22.3 Å². The van der Waals surface area contributed by atoms with Crippen LogP contribution in [0, 0.1) is 0 Å². The number of esters is 2. The molecule has 0 spiro atoms. The van der Waals surface area contributed by atoms with Gasteiger partial charge in [0.1, 0.15) is 6.61 Å². The van der Waals surface area contributed by atoms with E-state index in [1.165, 1.54) is 0 Å². The zero-order valence-corrected chi connectivity index (χ0v) is 15.9. The maximum absolute atomic E-state index is 13.2. The average molecular weight is 406 g/mol. The monoisotopic (exact) mass is 406 g/mol. The van der Waals surface area contributed by atoms with E-state index in [-0.39, 0.29) is 25.1 Å². The van der Waals surface area contributed by atoms with E-state index in [0.717, 1.165) is 10.9 Å². The number of anilines is 1. The van der Waals surface area contributed by atoms with E-state index < -0.39 is 18.0 Å². The molecule has 0 amide bonds. The smallest absolute Gasteiger partial charge is 0.352 e. The molecule has 2 aliphatic rings. The number of nitrogens with zero attached hydrogens (tertiary/aromatic N) is 2. The Hall–Kier alpha value is -3.72. The van der Waals surface area contributed by atoms with Crippen molar-refractivity contribution in [1.29, 1.82) is 0 Å². The van der Waals surface area contributed by atoms with Gasteiger partial charge in [0.15, 0.2) is 0 Å². The molecule has 0 aliphatic carbocycles. The number of pyridine rings is 2. The number of fused-ring (bicyclic) bond motifs is 5. The zero-order chi connectivity index (χ0) is 21.0. The number of hydrogen-bond donors (Lipinski definition) is 2. The standard InChI is InChI=1S/C21H18N4O5/c22-5-4-17(26)30-19-11-7-16-18-10(6-12-14(23)2-1-3-15(12)24-18)8-25(16)20(27)13(11)9-29-21(19)28/h1-3,6-7,19H,4-5,8-9,22-23H2/t19-/m1/s1. The Labute approximate surface area is 170 Å². The topological polar surface area (TPSA) is 140 Å². The number of cyclic esters (lactones) is 1. The summed E-state index contributed by atoms with van der Waals surface area (Å²) in [5.41, 5.74) is 15.1. The first kappa shape index (κ1) is 18.3. The van der Waals surface area contributed by atoms with Gasteiger partial charge < -0.3 is 25.5 Å². The molecule has 30 heavy (non-hydrogen) atoms. The lowest BCUT2D eigenvalue weighted by atomic mass is 10.00. The highest BCUT2D eigenvalue weighted by atomic mass is 16.6. The summed E-state index contributed by atoms with van der Waals surface area (Å²) in [6, 6.07) is 9.08. The van der Waals surface area contributed by atoms with Crippen molar-refractivity contribution >= 4 is 28.5 Å². The number of ether oxygens (including phenoxy) is 2. The third-order valence-corrected chi connectivity index (χ3v) is 5.43. The van der Waals surface area contributed by atoms with E-state index in [2.05, 4.69) is 0 Å². The summed E-state index contributed by atoms with van der Waals surface area (Å²) in [6.45, 7) is 0.254. The lowest BCUT2D eigenvalue weighted by Crippen LogP contribution is -2.34. The van der Waals surface area contributed by atoms with Crippen LogP contribution in [0.2, 0.25) is 0 Å². The normalized spacial score (nSPS) is 16.6. The second kappa shape index (κ2) is 6.67. The highest BCUT2D eigenvalue weighted by Crippen LogP contribution is 2.37. The van der Waals surface area contributed by atoms with Crippen molar-refractivity contribution in [1.82, 2.24) is 9.55 Å². The van der Waals surface area contributed by atoms with Crippen LogP contribution in [0.1, 0.15) is 29.2 Å². The minimum absolute atomic E-state index is 0.0408. The van der Waals surface area contributed by atoms with E-state index >= 15 is 0 Å². The molecule has 1 aromatic carbocycles. The second-order valence-corrected chi connectivity index (χ2v) is 7.28. The van der Waals surface area contributed by atoms with Gasteiger partial charge in [-0.3, -0.25) is 9.59 Å². The van der Waals surface area contributed by atoms with Gasteiger partial charge in [0, 0.05) is 28.7 Å². The van der Waals surface area contributed by atoms with Gasteiger partial charge in [-0.05, 0) is 24.3 Å². The van der Waals surface area contributed by atoms with E-state index in [0.29, 0.717) is 40.3 Å². The van der Waals surface area contributed by atoms with Crippen LogP contribution in [0.5, 0.6) is 0 Å². The third-order valence-electron chi connectivity index (χ3n) is 5.43. The molecular formula is C21H18N4O5. The summed E-state index contributed by atoms with van der Waals surface area (Å²) in [6.07, 6.45) is -1.34. The minimum atomic E-state index is -1.30. The average Bonchev–Trinajstić information content (AvgIpc) is 3.08. The van der Waals surface area contributed by atoms with Gasteiger partial charge in [-0.1, -0.05) is 6.07 Å². The quantitative estimate of drug-likeness (QED) is 0.379. The molecule has 0 radical (unpaired) electrons. The molecule has 4 heterocycles. The number of aromatic nitrogens is 2. The van der Waals surface area contributed by atoms with E-state index in [1.54, 1.807) is 16.7 Å². The van der Waals surface area contributed by atoms with Crippen LogP contribution in [0.15, 0.2) is 35.1 Å². The molecule has 1 atom stereocenters. The Morgan fingerprint density at radius 1 is 1.30 bits per heavy atom. The molecule has 0 unspecified atom stereocenters. The SMILES string of the molecule is NCCC(=O)O[C@H]1C(=O)OCc2c1cc1n(c2=O)Cc2cc3c(N)cccc3nc2-1. The van der Waals surface area contributed by atoms with Crippen molar-refractivity contribution in [2.45, 2.75) is 25.7 Å². The summed E-state index contributed by atoms with van der Waals surface area (Å²) >= 11 is 0. The Kier molecular flexibility index (Phi) is 4.07. The van der Waals surface area contributed by atoms with Crippen molar-refractivity contribution in [3.8, 4) is 11.4 Å². The number of benzene rings is 1. The van der Waals surface area contributed by atoms with E-state index in [9.17, 15) is 14.4 Å². The van der Waals surface area contributed by atoms with Gasteiger partial charge >= 0.3 is 11.9 Å². The molecule has 0 fully saturated rings. The summed E-state index contributed by atoms with van der Waals surface area (Å²) in [4.78, 5) is 42.1. The van der Waals surface area contributed by atoms with Gasteiger partial charge in [-0.15, -0.1) is 0 Å². The summed E-state index contributed by atoms with van der Waals surface area (Å²) in [5.74, 6) is -1.34. The molecule has 5 rings (SSSR count). The number of nitrogen functional groups attached to an aromatic ring is 1. The molecular weight excluding hydrogens is 388 g/mol. The van der Waals surface area contributed by atoms with Gasteiger partial charge in [-0.2, -0.15) is 0 Å². The maximum Gasteiger partial charge on any atom is 0.352 e. The molecule has 9 nitrogen and oxygen atoms in total. The predicted octanol–water partition coefficient (Wildman–Crippen LogP) is 0.997. The Balaban J connectivity index is 1.67. The van der Waals surface area contributed by atoms with E-state index in [4.69, 9.17) is 25.9 Å². The van der Waals surface area contributed by atoms with E-state index in [1.807, 2.05) is 18.2 Å². The lowest BCUT2D eigenvalue weighted by Gasteiger charge is -2.25. The maximum atomic E-state index is 13.2. The first-order chi connectivity index (χ1) is 14.5. The first-order valence-corrected chi connectivity index (χ1v) is 9.49. The number of carbonyl (C=O) groups excluding carboxylic acids is 2. The van der Waals surface area contributed by atoms with Gasteiger partial charge in [0.25, 0.3) is 5.56 Å². The molecule has 9 heteroatoms. The number of carbonyl (C=O) groups is 2. The molecule has 3 aromatic rings. The highest BCUT2D eigenvalue weighted by molar-refractivity contribution is 5.93. The molecule has 0 saturated carbocycles. The number of hydrogen-bond acceptors (Lipinski definition) is 8. The van der Waals surface area contributed by atoms with Crippen molar-refractivity contribution in [2.75, 3.05) is 12.3 Å². The van der Waals surface area contributed by atoms with Crippen LogP contribution in [0.4, 0.5) is 5.69 Å². The highest BCUT2D eigenvalue weighted by Gasteiger charge is 2.37. The second-order valence-electron chi connectivity index (χ2n) is 7.28. The van der Waals surface area contributed by atoms with Crippen LogP contribution in [0.3, 0.4) is 0 Å². The van der Waals surface area contributed by atoms with Crippen molar-refractivity contribution < 1.29 is 19.1 Å². The van der Waals surface area contributed by atoms with Crippen LogP contribution >= 0.6 is 0 Å². The Bertz CT molecular complexity index is 1300. The third kappa shape index (κ3) is 2.66. The van der Waals surface area contributed by atoms with Crippen molar-refractivity contribution in [2.24, 2.45) is 5.73 Å². The van der Waals surface area contributed by atoms with Gasteiger partial charge in [0.2, 0.25) is 6.10 Å². The summed E-state index contributed by atoms with van der Waals surface area (Å²) < 4.78 is 12.0. The van der Waals surface area contributed by atoms with Crippen molar-refractivity contribution in [3.63, 3.8) is 0 Å². The lowest BCUT2D eigenvalue weighted by molar-refractivity contribution is -0.171. The largest absolute Gasteiger partial charge is 0.458 e. The fraction of sp³-hybridized carbons (Fsp3) is 0.238. The first-order valence-electron chi connectivity index (χ1n) is 9.49. The summed E-state index contributed by atoms with van der Waals surface area (Å²) in [5, 5.41) is 0.814. The fourth-order valence-corrected chi connectivity index (χ4v) is 3.98. The minimum Gasteiger partial charge on any atom is -0.458 e. The van der Waals surface area contributed by atoms with Crippen LogP contribution < -0.4 is 17.0 Å². The fourth-order valence-electron chi connectivity index (χ4n) is 3.98. The zero-order valence-electron chi connectivity index (χ0n) is 15.9. The molecule has 0 saturated heterocycles. The number of nitrogens with two attached hydrogens (primary N) is 2. The van der Waals surface area contributed by atoms with Gasteiger partial charge in [0.05, 0.1) is 35.4 Å². The van der Waals surface area contributed by atoms with Crippen molar-refractivity contribution in [3.05, 3.63) is 57.4 Å². The molecule has 0 bridgehead atoms. The Morgan fingerprint density at radius 3 is 2.93 bits per heavy atom. The van der Waals surface area contributed by atoms with Crippen LogP contribution in [-0.4, -0.2) is 28.0 Å². The molecule has 2 aromatic heterocycles. The molecule has 4 N–H and O–H groups in total.